The summed E-state index contributed by atoms with van der Waals surface area (Å²) < 4.78 is 39.1. The van der Waals surface area contributed by atoms with Crippen LogP contribution >= 0.6 is 11.6 Å². The molecule has 4 aliphatic rings. The van der Waals surface area contributed by atoms with Crippen molar-refractivity contribution in [3.8, 4) is 5.75 Å². The molecule has 11 heteroatoms. The number of allylic oxidation sites excluding steroid dienone is 1. The minimum Gasteiger partial charge on any atom is -0.491 e. The van der Waals surface area contributed by atoms with Crippen molar-refractivity contribution in [1.82, 2.24) is 4.72 Å². The second-order valence-electron chi connectivity index (χ2n) is 13.9. The molecular weight excluding hydrogens is 650 g/mol. The molecule has 0 spiro atoms. The first kappa shape index (κ1) is 34.9. The number of benzene rings is 2. The molecule has 48 heavy (non-hydrogen) atoms. The zero-order valence-electron chi connectivity index (χ0n) is 28.2. The second-order valence-corrected chi connectivity index (χ2v) is 16.4. The van der Waals surface area contributed by atoms with Crippen molar-refractivity contribution in [3.05, 3.63) is 70.3 Å². The van der Waals surface area contributed by atoms with Crippen LogP contribution in [0.2, 0.25) is 5.02 Å². The molecule has 2 aromatic carbocycles. The minimum atomic E-state index is -3.43. The third kappa shape index (κ3) is 8.09. The quantitative estimate of drug-likeness (QED) is 0.352. The summed E-state index contributed by atoms with van der Waals surface area (Å²) in [7, 11) is -0.0489. The normalized spacial score (nSPS) is 31.7. The van der Waals surface area contributed by atoms with Gasteiger partial charge in [0.2, 0.25) is 5.91 Å². The van der Waals surface area contributed by atoms with E-state index in [2.05, 4.69) is 38.3 Å². The van der Waals surface area contributed by atoms with Crippen LogP contribution in [0.5, 0.6) is 5.75 Å². The molecule has 2 amide bonds. The van der Waals surface area contributed by atoms with Gasteiger partial charge in [0.1, 0.15) is 15.7 Å². The maximum absolute atomic E-state index is 14.4. The molecule has 9 nitrogen and oxygen atoms in total. The maximum Gasteiger partial charge on any atom is 0.286 e. The fourth-order valence-electron chi connectivity index (χ4n) is 7.39. The number of halogens is 1. The molecule has 0 radical (unpaired) electrons. The Morgan fingerprint density at radius 2 is 1.92 bits per heavy atom. The maximum atomic E-state index is 14.4. The van der Waals surface area contributed by atoms with Gasteiger partial charge in [-0.05, 0) is 111 Å². The van der Waals surface area contributed by atoms with E-state index < -0.39 is 15.8 Å². The number of nitrogens with zero attached hydrogens (tertiary/aromatic N) is 2. The zero-order chi connectivity index (χ0) is 33.8. The van der Waals surface area contributed by atoms with E-state index in [1.54, 1.807) is 20.3 Å². The summed E-state index contributed by atoms with van der Waals surface area (Å²) in [5.74, 6) is 0.0726. The predicted octanol–water partition coefficient (Wildman–Crippen LogP) is 6.76. The number of carbonyl (C=O) groups is 2. The van der Waals surface area contributed by atoms with Crippen LogP contribution in [0.15, 0.2) is 52.9 Å². The highest BCUT2D eigenvalue weighted by atomic mass is 35.5. The Morgan fingerprint density at radius 1 is 1.08 bits per heavy atom. The molecule has 1 N–H and O–H groups in total. The monoisotopic (exact) mass is 697 g/mol. The van der Waals surface area contributed by atoms with E-state index in [9.17, 15) is 13.8 Å². The molecule has 2 saturated carbocycles. The lowest BCUT2D eigenvalue weighted by molar-refractivity contribution is -0.130. The Morgan fingerprint density at radius 3 is 2.67 bits per heavy atom. The first-order valence-corrected chi connectivity index (χ1v) is 19.3. The van der Waals surface area contributed by atoms with Crippen molar-refractivity contribution in [2.45, 2.75) is 77.0 Å². The summed E-state index contributed by atoms with van der Waals surface area (Å²) in [6.45, 7) is 3.87. The van der Waals surface area contributed by atoms with Crippen LogP contribution in [0.1, 0.15) is 73.4 Å². The van der Waals surface area contributed by atoms with Gasteiger partial charge in [-0.25, -0.2) is 4.21 Å². The highest BCUT2D eigenvalue weighted by molar-refractivity contribution is 7.92. The van der Waals surface area contributed by atoms with Gasteiger partial charge >= 0.3 is 0 Å². The summed E-state index contributed by atoms with van der Waals surface area (Å²) in [5.41, 5.74) is 3.51. The minimum absolute atomic E-state index is 0.0117. The van der Waals surface area contributed by atoms with Crippen LogP contribution in [0.3, 0.4) is 0 Å². The Labute approximate surface area is 290 Å². The fraction of sp³-hybridized carbons (Fsp3) is 0.568. The van der Waals surface area contributed by atoms with Crippen molar-refractivity contribution in [2.75, 3.05) is 38.0 Å². The van der Waals surface area contributed by atoms with E-state index in [1.165, 1.54) is 11.1 Å². The fourth-order valence-corrected chi connectivity index (χ4v) is 9.55. The van der Waals surface area contributed by atoms with E-state index in [4.69, 9.17) is 25.8 Å². The van der Waals surface area contributed by atoms with Crippen molar-refractivity contribution in [3.63, 3.8) is 0 Å². The molecule has 2 fully saturated rings. The molecule has 2 heterocycles. The Bertz CT molecular complexity index is 1650. The number of hydrogen-bond acceptors (Lipinski definition) is 7. The average Bonchev–Trinajstić information content (AvgIpc) is 3.04. The smallest absolute Gasteiger partial charge is 0.286 e. The van der Waals surface area contributed by atoms with Crippen molar-refractivity contribution < 1.29 is 28.0 Å². The van der Waals surface area contributed by atoms with Gasteiger partial charge in [0.05, 0.1) is 30.3 Å². The molecule has 2 aromatic rings. The van der Waals surface area contributed by atoms with Crippen LogP contribution in [-0.2, 0) is 37.1 Å². The second kappa shape index (κ2) is 15.3. The van der Waals surface area contributed by atoms with Crippen LogP contribution in [0, 0.1) is 23.7 Å². The summed E-state index contributed by atoms with van der Waals surface area (Å²) in [5, 5.41) is 0.720. The van der Waals surface area contributed by atoms with Crippen molar-refractivity contribution in [2.24, 2.45) is 28.0 Å². The lowest BCUT2D eigenvalue weighted by atomic mass is 9.70. The van der Waals surface area contributed by atoms with Crippen LogP contribution in [0.25, 0.3) is 0 Å². The summed E-state index contributed by atoms with van der Waals surface area (Å²) in [4.78, 5) is 29.4. The third-order valence-electron chi connectivity index (χ3n) is 10.5. The summed E-state index contributed by atoms with van der Waals surface area (Å²) in [6.07, 6.45) is 10.8. The molecule has 5 atom stereocenters. The number of carbonyl (C=O) groups excluding carboxylic acids is 2. The number of aryl methyl sites for hydroxylation is 1. The number of ether oxygens (including phenoxy) is 3. The molecule has 6 rings (SSSR count). The van der Waals surface area contributed by atoms with Gasteiger partial charge in [-0.1, -0.05) is 36.7 Å². The number of anilines is 1. The van der Waals surface area contributed by atoms with Crippen LogP contribution < -0.4 is 14.4 Å². The third-order valence-corrected chi connectivity index (χ3v) is 12.7. The Hall–Kier alpha value is -2.92. The number of nitrogens with one attached hydrogen (secondary N) is 1. The highest BCUT2D eigenvalue weighted by Gasteiger charge is 2.39. The molecule has 2 aliphatic carbocycles. The molecule has 260 valence electrons. The number of methoxy groups -OCH3 is 2. The van der Waals surface area contributed by atoms with E-state index in [-0.39, 0.29) is 35.7 Å². The van der Waals surface area contributed by atoms with E-state index >= 15 is 0 Å². The average molecular weight is 698 g/mol. The molecular formula is C37H48ClN3O6S. The van der Waals surface area contributed by atoms with Gasteiger partial charge in [-0.3, -0.25) is 14.3 Å². The van der Waals surface area contributed by atoms with Gasteiger partial charge in [0.15, 0.2) is 0 Å². The molecule has 2 bridgehead atoms. The topological polar surface area (TPSA) is 107 Å². The number of rotatable bonds is 4. The highest BCUT2D eigenvalue weighted by Crippen LogP contribution is 2.42. The first-order valence-electron chi connectivity index (χ1n) is 17.3. The van der Waals surface area contributed by atoms with Crippen molar-refractivity contribution in [1.29, 1.82) is 0 Å². The Balaban J connectivity index is 1.42. The molecule has 2 aliphatic heterocycles. The van der Waals surface area contributed by atoms with Gasteiger partial charge in [0, 0.05) is 43.8 Å². The number of fused-ring (bicyclic) bond motifs is 3. The van der Waals surface area contributed by atoms with Gasteiger partial charge in [-0.2, -0.15) is 0 Å². The lowest BCUT2D eigenvalue weighted by Gasteiger charge is -2.43. The Kier molecular flexibility index (Phi) is 11.1. The van der Waals surface area contributed by atoms with Gasteiger partial charge < -0.3 is 19.1 Å². The molecule has 0 saturated heterocycles. The van der Waals surface area contributed by atoms with Crippen LogP contribution in [0.4, 0.5) is 5.69 Å². The zero-order valence-corrected chi connectivity index (χ0v) is 29.8. The van der Waals surface area contributed by atoms with E-state index in [0.29, 0.717) is 55.6 Å². The summed E-state index contributed by atoms with van der Waals surface area (Å²) >= 11 is 6.45. The lowest BCUT2D eigenvalue weighted by Crippen LogP contribution is -2.45. The largest absolute Gasteiger partial charge is 0.491 e. The van der Waals surface area contributed by atoms with E-state index in [1.807, 2.05) is 25.1 Å². The first-order chi connectivity index (χ1) is 23.1. The van der Waals surface area contributed by atoms with Gasteiger partial charge in [-0.15, -0.1) is 4.36 Å². The molecule has 0 aromatic heterocycles. The SMILES string of the molecule is CO[C@H]1/C=C/C[C@H](C)CS(=O)(NC(=O)[C@H]2C[C@H](OC)C2)=NC(=O)c2ccc3c(c2)N(Cc2ccc(Cl)cc2CCCCO3)C[C@@H]2CC[C@H]21. The number of hydrogen-bond donors (Lipinski definition) is 1. The predicted molar refractivity (Wildman–Crippen MR) is 189 cm³/mol. The standard InChI is InChI=1S/C37H48ClN3O6S/c1-24-7-6-9-34(46-3)32-14-11-28(32)22-41-21-27-10-13-30(38)17-25(27)8-4-5-16-47-35-15-12-26(20-33(35)41)36(42)39-48(44,23-24)40-37(43)29-18-31(19-29)45-2/h6,9-10,12-13,15,17,20,24,28-29,31-32,34H,4-5,7-8,11,14,16,18-19,21-23H2,1-3H3,(H,39,40,42,43,44)/b9-6+/t24-,28-,29-,31-,32+,34-,48?/m0/s1. The summed E-state index contributed by atoms with van der Waals surface area (Å²) in [6, 6.07) is 11.5. The van der Waals surface area contributed by atoms with Crippen molar-refractivity contribution >= 4 is 39.0 Å². The molecule has 1 unspecified atom stereocenters. The van der Waals surface area contributed by atoms with Gasteiger partial charge in [0.25, 0.3) is 5.91 Å². The van der Waals surface area contributed by atoms with Crippen LogP contribution in [-0.4, -0.2) is 61.4 Å². The van der Waals surface area contributed by atoms with E-state index in [0.717, 1.165) is 49.4 Å². The number of amides is 2.